The first-order chi connectivity index (χ1) is 12.4. The zero-order valence-corrected chi connectivity index (χ0v) is 14.7. The highest BCUT2D eigenvalue weighted by molar-refractivity contribution is 5.46. The Balaban J connectivity index is 2.09. The van der Waals surface area contributed by atoms with Gasteiger partial charge in [0.25, 0.3) is 0 Å². The van der Waals surface area contributed by atoms with Crippen molar-refractivity contribution in [3.8, 4) is 17.2 Å². The second-order valence-corrected chi connectivity index (χ2v) is 5.76. The number of halogens is 2. The van der Waals surface area contributed by atoms with Gasteiger partial charge in [0.05, 0.1) is 12.7 Å². The van der Waals surface area contributed by atoms with Crippen molar-refractivity contribution >= 4 is 0 Å². The van der Waals surface area contributed by atoms with E-state index in [-0.39, 0.29) is 29.8 Å². The van der Waals surface area contributed by atoms with Crippen LogP contribution in [0.4, 0.5) is 8.78 Å². The minimum absolute atomic E-state index is 0.0110. The highest BCUT2D eigenvalue weighted by Crippen LogP contribution is 2.33. The Morgan fingerprint density at radius 3 is 2.42 bits per heavy atom. The van der Waals surface area contributed by atoms with Crippen LogP contribution in [-0.2, 0) is 6.54 Å². The van der Waals surface area contributed by atoms with E-state index in [9.17, 15) is 19.0 Å². The van der Waals surface area contributed by atoms with Gasteiger partial charge in [0.2, 0.25) is 0 Å². The van der Waals surface area contributed by atoms with Crippen molar-refractivity contribution < 1.29 is 28.5 Å². The van der Waals surface area contributed by atoms with Crippen LogP contribution in [0.3, 0.4) is 0 Å². The van der Waals surface area contributed by atoms with Gasteiger partial charge in [-0.15, -0.1) is 0 Å². The topological polar surface area (TPSA) is 71.0 Å². The molecule has 0 aliphatic rings. The Kier molecular flexibility index (Phi) is 7.17. The Morgan fingerprint density at radius 2 is 1.81 bits per heavy atom. The Labute approximate surface area is 151 Å². The average Bonchev–Trinajstić information content (AvgIpc) is 2.61. The summed E-state index contributed by atoms with van der Waals surface area (Å²) in [5.41, 5.74) is 1.14. The van der Waals surface area contributed by atoms with Crippen molar-refractivity contribution in [2.24, 2.45) is 0 Å². The van der Waals surface area contributed by atoms with Crippen molar-refractivity contribution in [1.82, 2.24) is 5.32 Å². The largest absolute Gasteiger partial charge is 0.508 e. The van der Waals surface area contributed by atoms with Crippen LogP contribution in [0.2, 0.25) is 0 Å². The molecular formula is C19H23F2NO4. The first-order valence-electron chi connectivity index (χ1n) is 8.32. The molecule has 2 aromatic rings. The van der Waals surface area contributed by atoms with E-state index in [1.807, 2.05) is 0 Å². The normalized spacial score (nSPS) is 13.5. The highest BCUT2D eigenvalue weighted by atomic mass is 19.3. The second-order valence-electron chi connectivity index (χ2n) is 5.76. The van der Waals surface area contributed by atoms with E-state index in [0.717, 1.165) is 0 Å². The lowest BCUT2D eigenvalue weighted by Gasteiger charge is -2.22. The number of aliphatic hydroxyl groups excluding tert-OH is 1. The van der Waals surface area contributed by atoms with Crippen LogP contribution in [0.25, 0.3) is 0 Å². The fourth-order valence-corrected chi connectivity index (χ4v) is 2.54. The maximum atomic E-state index is 12.7. The number of benzene rings is 2. The first-order valence-corrected chi connectivity index (χ1v) is 8.32. The van der Waals surface area contributed by atoms with Gasteiger partial charge < -0.3 is 25.0 Å². The molecule has 0 fully saturated rings. The molecule has 0 spiro atoms. The molecule has 142 valence electrons. The van der Waals surface area contributed by atoms with E-state index >= 15 is 0 Å². The van der Waals surface area contributed by atoms with Crippen LogP contribution in [0, 0.1) is 0 Å². The van der Waals surface area contributed by atoms with Crippen LogP contribution in [0.1, 0.15) is 31.1 Å². The summed E-state index contributed by atoms with van der Waals surface area (Å²) in [6.07, 6.45) is -0.829. The van der Waals surface area contributed by atoms with E-state index in [1.54, 1.807) is 44.2 Å². The number of phenols is 1. The summed E-state index contributed by atoms with van der Waals surface area (Å²) in [5.74, 6) is 0.352. The predicted molar refractivity (Wildman–Crippen MR) is 93.6 cm³/mol. The zero-order chi connectivity index (χ0) is 19.1. The van der Waals surface area contributed by atoms with Gasteiger partial charge in [-0.3, -0.25) is 0 Å². The standard InChI is InChI=1S/C19H23F2NO4/c1-3-25-16-6-4-5-14(18(16)26-19(20)21)11-22-12(2)17(24)13-7-9-15(23)10-8-13/h4-10,12,17,19,22-24H,3,11H2,1-2H3. The fraction of sp³-hybridized carbons (Fsp3) is 0.368. The molecule has 0 aromatic heterocycles. The van der Waals surface area contributed by atoms with Gasteiger partial charge in [0.1, 0.15) is 5.75 Å². The van der Waals surface area contributed by atoms with Gasteiger partial charge in [0, 0.05) is 18.2 Å². The van der Waals surface area contributed by atoms with Crippen LogP contribution in [0.15, 0.2) is 42.5 Å². The summed E-state index contributed by atoms with van der Waals surface area (Å²) in [4.78, 5) is 0. The molecule has 2 atom stereocenters. The maximum Gasteiger partial charge on any atom is 0.387 e. The molecule has 2 aromatic carbocycles. The summed E-state index contributed by atoms with van der Waals surface area (Å²) in [7, 11) is 0. The van der Waals surface area contributed by atoms with E-state index in [2.05, 4.69) is 10.1 Å². The third kappa shape index (κ3) is 5.31. The molecule has 3 N–H and O–H groups in total. The summed E-state index contributed by atoms with van der Waals surface area (Å²) in [6.45, 7) is 1.10. The summed E-state index contributed by atoms with van der Waals surface area (Å²) < 4.78 is 35.5. The molecule has 2 rings (SSSR count). The minimum atomic E-state index is -2.96. The number of nitrogens with one attached hydrogen (secondary N) is 1. The number of ether oxygens (including phenoxy) is 2. The lowest BCUT2D eigenvalue weighted by Crippen LogP contribution is -2.32. The molecule has 0 saturated heterocycles. The molecule has 0 heterocycles. The van der Waals surface area contributed by atoms with Crippen molar-refractivity contribution in [3.05, 3.63) is 53.6 Å². The van der Waals surface area contributed by atoms with Gasteiger partial charge in [0.15, 0.2) is 11.5 Å². The van der Waals surface area contributed by atoms with Gasteiger partial charge in [-0.1, -0.05) is 24.3 Å². The van der Waals surface area contributed by atoms with Crippen molar-refractivity contribution in [1.29, 1.82) is 0 Å². The molecule has 0 radical (unpaired) electrons. The molecule has 0 bridgehead atoms. The SMILES string of the molecule is CCOc1cccc(CNC(C)C(O)c2ccc(O)cc2)c1OC(F)F. The summed E-state index contributed by atoms with van der Waals surface area (Å²) >= 11 is 0. The number of phenolic OH excluding ortho intramolecular Hbond substituents is 1. The van der Waals surface area contributed by atoms with Gasteiger partial charge in [-0.05, 0) is 37.6 Å². The number of hydrogen-bond acceptors (Lipinski definition) is 5. The van der Waals surface area contributed by atoms with Gasteiger partial charge in [-0.2, -0.15) is 8.78 Å². The van der Waals surface area contributed by atoms with Crippen molar-refractivity contribution in [2.45, 2.75) is 39.1 Å². The fourth-order valence-electron chi connectivity index (χ4n) is 2.54. The van der Waals surface area contributed by atoms with Gasteiger partial charge >= 0.3 is 6.61 Å². The number of alkyl halides is 2. The monoisotopic (exact) mass is 367 g/mol. The van der Waals surface area contributed by atoms with E-state index in [0.29, 0.717) is 17.7 Å². The number of aromatic hydroxyl groups is 1. The quantitative estimate of drug-likeness (QED) is 0.632. The smallest absolute Gasteiger partial charge is 0.387 e. The number of hydrogen-bond donors (Lipinski definition) is 3. The second kappa shape index (κ2) is 9.35. The lowest BCUT2D eigenvalue weighted by atomic mass is 10.0. The molecular weight excluding hydrogens is 344 g/mol. The molecule has 0 amide bonds. The first kappa shape index (κ1) is 19.9. The lowest BCUT2D eigenvalue weighted by molar-refractivity contribution is -0.0521. The zero-order valence-electron chi connectivity index (χ0n) is 14.7. The van der Waals surface area contributed by atoms with E-state index in [1.165, 1.54) is 12.1 Å². The minimum Gasteiger partial charge on any atom is -0.508 e. The number of aliphatic hydroxyl groups is 1. The van der Waals surface area contributed by atoms with Crippen LogP contribution >= 0.6 is 0 Å². The van der Waals surface area contributed by atoms with Gasteiger partial charge in [-0.25, -0.2) is 0 Å². The van der Waals surface area contributed by atoms with E-state index in [4.69, 9.17) is 4.74 Å². The highest BCUT2D eigenvalue weighted by Gasteiger charge is 2.19. The van der Waals surface area contributed by atoms with Crippen LogP contribution in [-0.4, -0.2) is 29.5 Å². The van der Waals surface area contributed by atoms with Crippen molar-refractivity contribution in [2.75, 3.05) is 6.61 Å². The maximum absolute atomic E-state index is 12.7. The Bertz CT molecular complexity index is 694. The molecule has 7 heteroatoms. The van der Waals surface area contributed by atoms with E-state index < -0.39 is 12.7 Å². The molecule has 0 saturated carbocycles. The molecule has 26 heavy (non-hydrogen) atoms. The number of para-hydroxylation sites is 1. The van der Waals surface area contributed by atoms with Crippen LogP contribution < -0.4 is 14.8 Å². The Morgan fingerprint density at radius 1 is 1.12 bits per heavy atom. The molecule has 5 nitrogen and oxygen atoms in total. The third-order valence-corrected chi connectivity index (χ3v) is 3.89. The Hall–Kier alpha value is -2.38. The predicted octanol–water partition coefficient (Wildman–Crippen LogP) is 3.60. The molecule has 0 aliphatic heterocycles. The number of rotatable bonds is 9. The molecule has 2 unspecified atom stereocenters. The average molecular weight is 367 g/mol. The summed E-state index contributed by atoms with van der Waals surface area (Å²) in [5, 5.41) is 22.8. The van der Waals surface area contributed by atoms with Crippen LogP contribution in [0.5, 0.6) is 17.2 Å². The third-order valence-electron chi connectivity index (χ3n) is 3.89. The summed E-state index contributed by atoms with van der Waals surface area (Å²) in [6, 6.07) is 10.8. The van der Waals surface area contributed by atoms with Crippen molar-refractivity contribution in [3.63, 3.8) is 0 Å². The molecule has 0 aliphatic carbocycles.